The van der Waals surface area contributed by atoms with E-state index in [9.17, 15) is 14.9 Å². The monoisotopic (exact) mass is 255 g/mol. The van der Waals surface area contributed by atoms with Crippen molar-refractivity contribution in [3.05, 3.63) is 74.8 Å². The molecule has 4 heteroatoms. The zero-order chi connectivity index (χ0) is 14.0. The molecule has 96 valence electrons. The zero-order valence-electron chi connectivity index (χ0n) is 10.7. The van der Waals surface area contributed by atoms with Crippen LogP contribution in [0.4, 0.5) is 5.69 Å². The van der Waals surface area contributed by atoms with Crippen LogP contribution in [0.3, 0.4) is 0 Å². The second-order valence-corrected chi connectivity index (χ2v) is 4.33. The standard InChI is InChI=1S/C15H13NO3/c1-10-11(2)14(16(18)19)9-8-13(10)15(17)12-6-4-3-5-7-12/h3-9H,1-2H3. The van der Waals surface area contributed by atoms with E-state index in [0.717, 1.165) is 0 Å². The fourth-order valence-corrected chi connectivity index (χ4v) is 2.00. The molecular weight excluding hydrogens is 242 g/mol. The highest BCUT2D eigenvalue weighted by atomic mass is 16.6. The van der Waals surface area contributed by atoms with Crippen molar-refractivity contribution in [1.29, 1.82) is 0 Å². The van der Waals surface area contributed by atoms with E-state index < -0.39 is 4.92 Å². The Kier molecular flexibility index (Phi) is 3.42. The number of benzene rings is 2. The average Bonchev–Trinajstić information content (AvgIpc) is 2.41. The molecule has 0 radical (unpaired) electrons. The molecule has 2 aromatic carbocycles. The Balaban J connectivity index is 2.51. The number of carbonyl (C=O) groups excluding carboxylic acids is 1. The molecule has 0 saturated heterocycles. The van der Waals surface area contributed by atoms with E-state index in [1.165, 1.54) is 12.1 Å². The predicted molar refractivity (Wildman–Crippen MR) is 72.4 cm³/mol. The van der Waals surface area contributed by atoms with Gasteiger partial charge in [-0.3, -0.25) is 14.9 Å². The molecule has 2 rings (SSSR count). The largest absolute Gasteiger partial charge is 0.289 e. The smallest absolute Gasteiger partial charge is 0.272 e. The number of hydrogen-bond donors (Lipinski definition) is 0. The molecule has 0 aliphatic carbocycles. The third-order valence-electron chi connectivity index (χ3n) is 3.24. The van der Waals surface area contributed by atoms with Gasteiger partial charge in [-0.15, -0.1) is 0 Å². The minimum Gasteiger partial charge on any atom is -0.289 e. The lowest BCUT2D eigenvalue weighted by Gasteiger charge is -2.08. The van der Waals surface area contributed by atoms with Gasteiger partial charge in [0.2, 0.25) is 0 Å². The van der Waals surface area contributed by atoms with Crippen LogP contribution in [0.15, 0.2) is 42.5 Å². The van der Waals surface area contributed by atoms with Crippen LogP contribution in [-0.4, -0.2) is 10.7 Å². The van der Waals surface area contributed by atoms with Crippen molar-refractivity contribution in [2.45, 2.75) is 13.8 Å². The van der Waals surface area contributed by atoms with Crippen LogP contribution in [0, 0.1) is 24.0 Å². The second kappa shape index (κ2) is 5.02. The first kappa shape index (κ1) is 13.0. The van der Waals surface area contributed by atoms with Crippen LogP contribution >= 0.6 is 0 Å². The molecule has 0 atom stereocenters. The molecular formula is C15H13NO3. The van der Waals surface area contributed by atoms with Crippen LogP contribution in [0.5, 0.6) is 0 Å². The summed E-state index contributed by atoms with van der Waals surface area (Å²) in [7, 11) is 0. The Labute approximate surface area is 110 Å². The average molecular weight is 255 g/mol. The molecule has 19 heavy (non-hydrogen) atoms. The molecule has 0 spiro atoms. The number of nitro benzene ring substituents is 1. The van der Waals surface area contributed by atoms with Gasteiger partial charge in [0.1, 0.15) is 0 Å². The van der Waals surface area contributed by atoms with Crippen molar-refractivity contribution < 1.29 is 9.72 Å². The van der Waals surface area contributed by atoms with E-state index in [1.807, 2.05) is 6.07 Å². The Bertz CT molecular complexity index is 648. The molecule has 0 N–H and O–H groups in total. The summed E-state index contributed by atoms with van der Waals surface area (Å²) in [6.45, 7) is 3.40. The molecule has 4 nitrogen and oxygen atoms in total. The number of nitro groups is 1. The molecule has 0 unspecified atom stereocenters. The van der Waals surface area contributed by atoms with Gasteiger partial charge >= 0.3 is 0 Å². The maximum atomic E-state index is 12.3. The van der Waals surface area contributed by atoms with Crippen molar-refractivity contribution in [2.24, 2.45) is 0 Å². The topological polar surface area (TPSA) is 60.2 Å². The number of rotatable bonds is 3. The summed E-state index contributed by atoms with van der Waals surface area (Å²) >= 11 is 0. The second-order valence-electron chi connectivity index (χ2n) is 4.33. The lowest BCUT2D eigenvalue weighted by atomic mass is 9.95. The number of carbonyl (C=O) groups is 1. The molecule has 0 aromatic heterocycles. The Morgan fingerprint density at radius 3 is 2.21 bits per heavy atom. The summed E-state index contributed by atoms with van der Waals surface area (Å²) in [6, 6.07) is 11.8. The van der Waals surface area contributed by atoms with Gasteiger partial charge in [-0.1, -0.05) is 30.3 Å². The quantitative estimate of drug-likeness (QED) is 0.479. The molecule has 0 heterocycles. The van der Waals surface area contributed by atoms with Crippen molar-refractivity contribution in [2.75, 3.05) is 0 Å². The highest BCUT2D eigenvalue weighted by Gasteiger charge is 2.18. The fraction of sp³-hybridized carbons (Fsp3) is 0.133. The normalized spacial score (nSPS) is 10.2. The van der Waals surface area contributed by atoms with Crippen LogP contribution in [0.25, 0.3) is 0 Å². The molecule has 0 bridgehead atoms. The first-order valence-electron chi connectivity index (χ1n) is 5.86. The van der Waals surface area contributed by atoms with Crippen LogP contribution < -0.4 is 0 Å². The molecule has 0 aliphatic rings. The van der Waals surface area contributed by atoms with Gasteiger partial charge in [0.25, 0.3) is 5.69 Å². The SMILES string of the molecule is Cc1c(C(=O)c2ccccc2)ccc([N+](=O)[O-])c1C. The molecule has 0 amide bonds. The summed E-state index contributed by atoms with van der Waals surface area (Å²) in [4.78, 5) is 22.7. The summed E-state index contributed by atoms with van der Waals surface area (Å²) in [5, 5.41) is 10.8. The van der Waals surface area contributed by atoms with E-state index >= 15 is 0 Å². The van der Waals surface area contributed by atoms with Gasteiger partial charge in [-0.25, -0.2) is 0 Å². The highest BCUT2D eigenvalue weighted by Crippen LogP contribution is 2.25. The third-order valence-corrected chi connectivity index (χ3v) is 3.24. The maximum Gasteiger partial charge on any atom is 0.272 e. The minimum atomic E-state index is -0.431. The summed E-state index contributed by atoms with van der Waals surface area (Å²) in [5.74, 6) is -0.115. The van der Waals surface area contributed by atoms with Gasteiger partial charge in [-0.2, -0.15) is 0 Å². The predicted octanol–water partition coefficient (Wildman–Crippen LogP) is 3.44. The Morgan fingerprint density at radius 2 is 1.63 bits per heavy atom. The third kappa shape index (κ3) is 2.38. The van der Waals surface area contributed by atoms with Gasteiger partial charge in [0.05, 0.1) is 4.92 Å². The van der Waals surface area contributed by atoms with Crippen molar-refractivity contribution in [3.8, 4) is 0 Å². The van der Waals surface area contributed by atoms with Crippen molar-refractivity contribution in [3.63, 3.8) is 0 Å². The van der Waals surface area contributed by atoms with Crippen LogP contribution in [0.2, 0.25) is 0 Å². The van der Waals surface area contributed by atoms with Crippen LogP contribution in [0.1, 0.15) is 27.0 Å². The first-order valence-corrected chi connectivity index (χ1v) is 5.86. The van der Waals surface area contributed by atoms with Gasteiger partial charge in [0, 0.05) is 22.8 Å². The number of hydrogen-bond acceptors (Lipinski definition) is 3. The highest BCUT2D eigenvalue weighted by molar-refractivity contribution is 6.10. The minimum absolute atomic E-state index is 0.0436. The van der Waals surface area contributed by atoms with Gasteiger partial charge in [-0.05, 0) is 25.5 Å². The van der Waals surface area contributed by atoms with E-state index in [1.54, 1.807) is 38.1 Å². The first-order chi connectivity index (χ1) is 9.02. The molecule has 0 saturated carbocycles. The van der Waals surface area contributed by atoms with E-state index in [2.05, 4.69) is 0 Å². The fourth-order valence-electron chi connectivity index (χ4n) is 2.00. The van der Waals surface area contributed by atoms with Crippen molar-refractivity contribution >= 4 is 11.5 Å². The summed E-state index contributed by atoms with van der Waals surface area (Å²) in [6.07, 6.45) is 0. The van der Waals surface area contributed by atoms with Gasteiger partial charge < -0.3 is 0 Å². The Morgan fingerprint density at radius 1 is 1.00 bits per heavy atom. The maximum absolute atomic E-state index is 12.3. The van der Waals surface area contributed by atoms with E-state index in [-0.39, 0.29) is 11.5 Å². The van der Waals surface area contributed by atoms with Crippen LogP contribution in [-0.2, 0) is 0 Å². The lowest BCUT2D eigenvalue weighted by Crippen LogP contribution is -2.06. The van der Waals surface area contributed by atoms with Gasteiger partial charge in [0.15, 0.2) is 5.78 Å². The number of nitrogens with zero attached hydrogens (tertiary/aromatic N) is 1. The number of ketones is 1. The van der Waals surface area contributed by atoms with E-state index in [4.69, 9.17) is 0 Å². The van der Waals surface area contributed by atoms with Crippen molar-refractivity contribution in [1.82, 2.24) is 0 Å². The Hall–Kier alpha value is -2.49. The zero-order valence-corrected chi connectivity index (χ0v) is 10.7. The summed E-state index contributed by atoms with van der Waals surface area (Å²) in [5.41, 5.74) is 2.32. The molecule has 2 aromatic rings. The summed E-state index contributed by atoms with van der Waals surface area (Å²) < 4.78 is 0. The molecule has 0 fully saturated rings. The van der Waals surface area contributed by atoms with E-state index in [0.29, 0.717) is 22.3 Å². The lowest BCUT2D eigenvalue weighted by molar-refractivity contribution is -0.385. The molecule has 0 aliphatic heterocycles.